The van der Waals surface area contributed by atoms with Crippen molar-refractivity contribution >= 4 is 17.5 Å². The first-order valence-electron chi connectivity index (χ1n) is 18.2. The third-order valence-corrected chi connectivity index (χ3v) is 12.0. The molecule has 7 nitrogen and oxygen atoms in total. The van der Waals surface area contributed by atoms with Crippen molar-refractivity contribution in [2.24, 2.45) is 28.6 Å². The predicted molar refractivity (Wildman–Crippen MR) is 182 cm³/mol. The molecule has 0 saturated heterocycles. The first kappa shape index (κ1) is 38.4. The molecule has 0 unspecified atom stereocenters. The molecule has 0 spiro atoms. The van der Waals surface area contributed by atoms with Gasteiger partial charge in [0.25, 0.3) is 0 Å². The summed E-state index contributed by atoms with van der Waals surface area (Å²) in [6.07, 6.45) is 28.0. The van der Waals surface area contributed by atoms with Gasteiger partial charge in [0, 0.05) is 18.3 Å². The zero-order valence-corrected chi connectivity index (χ0v) is 28.9. The molecule has 0 aromatic carbocycles. The zero-order chi connectivity index (χ0) is 33.8. The van der Waals surface area contributed by atoms with Crippen LogP contribution < -0.4 is 0 Å². The van der Waals surface area contributed by atoms with E-state index in [-0.39, 0.29) is 29.0 Å². The number of carboxylic acids is 1. The van der Waals surface area contributed by atoms with Crippen LogP contribution in [0.25, 0.3) is 0 Å². The minimum absolute atomic E-state index is 0.0697. The molecule has 7 atom stereocenters. The highest BCUT2D eigenvalue weighted by atomic mass is 16.4. The van der Waals surface area contributed by atoms with E-state index in [0.717, 1.165) is 51.4 Å². The Kier molecular flexibility index (Phi) is 14.9. The molecule has 0 aromatic rings. The lowest BCUT2D eigenvalue weighted by Crippen LogP contribution is -2.62. The van der Waals surface area contributed by atoms with Crippen molar-refractivity contribution in [1.29, 1.82) is 0 Å². The first-order chi connectivity index (χ1) is 21.9. The summed E-state index contributed by atoms with van der Waals surface area (Å²) in [6, 6.07) is 0. The normalized spacial score (nSPS) is 33.6. The maximum Gasteiger partial charge on any atom is 0.303 e. The van der Waals surface area contributed by atoms with Gasteiger partial charge in [-0.15, -0.1) is 0 Å². The fourth-order valence-corrected chi connectivity index (χ4v) is 9.37. The largest absolute Gasteiger partial charge is 0.481 e. The number of carbonyl (C=O) groups is 3. The maximum atomic E-state index is 12.4. The number of ketones is 2. The van der Waals surface area contributed by atoms with Crippen LogP contribution in [0.5, 0.6) is 0 Å². The number of aliphatic carboxylic acids is 1. The van der Waals surface area contributed by atoms with Crippen molar-refractivity contribution in [3.05, 3.63) is 36.0 Å². The van der Waals surface area contributed by atoms with Gasteiger partial charge in [0.05, 0.1) is 6.10 Å². The van der Waals surface area contributed by atoms with E-state index in [4.69, 9.17) is 5.11 Å². The van der Waals surface area contributed by atoms with E-state index in [0.29, 0.717) is 25.7 Å². The molecular formula is C39H62O7. The lowest BCUT2D eigenvalue weighted by molar-refractivity contribution is -0.182. The molecule has 0 heterocycles. The van der Waals surface area contributed by atoms with Crippen molar-refractivity contribution in [3.8, 4) is 0 Å². The summed E-state index contributed by atoms with van der Waals surface area (Å²) >= 11 is 0. The Morgan fingerprint density at radius 3 is 2.22 bits per heavy atom. The van der Waals surface area contributed by atoms with Crippen LogP contribution in [-0.4, -0.2) is 56.3 Å². The second kappa shape index (κ2) is 17.9. The highest BCUT2D eigenvalue weighted by Gasteiger charge is 2.68. The third-order valence-electron chi connectivity index (χ3n) is 12.0. The van der Waals surface area contributed by atoms with Gasteiger partial charge in [-0.1, -0.05) is 82.8 Å². The van der Waals surface area contributed by atoms with Gasteiger partial charge in [0.2, 0.25) is 0 Å². The van der Waals surface area contributed by atoms with E-state index >= 15 is 0 Å². The van der Waals surface area contributed by atoms with Gasteiger partial charge in [-0.25, -0.2) is 0 Å². The highest BCUT2D eigenvalue weighted by Crippen LogP contribution is 2.67. The molecule has 3 saturated carbocycles. The van der Waals surface area contributed by atoms with E-state index in [9.17, 15) is 29.7 Å². The number of fused-ring (bicyclic) bond motifs is 5. The van der Waals surface area contributed by atoms with Crippen LogP contribution in [-0.2, 0) is 14.4 Å². The second-order valence-electron chi connectivity index (χ2n) is 14.9. The van der Waals surface area contributed by atoms with Crippen LogP contribution in [0.2, 0.25) is 0 Å². The molecule has 260 valence electrons. The van der Waals surface area contributed by atoms with Crippen molar-refractivity contribution in [1.82, 2.24) is 0 Å². The Bertz CT molecular complexity index is 1110. The monoisotopic (exact) mass is 642 g/mol. The van der Waals surface area contributed by atoms with E-state index in [1.165, 1.54) is 50.5 Å². The summed E-state index contributed by atoms with van der Waals surface area (Å²) in [6.45, 7) is 5.69. The van der Waals surface area contributed by atoms with E-state index in [1.54, 1.807) is 6.08 Å². The summed E-state index contributed by atoms with van der Waals surface area (Å²) in [5.41, 5.74) is -1.23. The second-order valence-corrected chi connectivity index (χ2v) is 14.9. The Hall–Kier alpha value is -2.09. The minimum Gasteiger partial charge on any atom is -0.481 e. The first-order valence-corrected chi connectivity index (χ1v) is 18.2. The van der Waals surface area contributed by atoms with Crippen LogP contribution in [0.1, 0.15) is 143 Å². The van der Waals surface area contributed by atoms with Crippen LogP contribution in [0.15, 0.2) is 36.0 Å². The number of allylic oxidation sites excluding steroid dienone is 5. The summed E-state index contributed by atoms with van der Waals surface area (Å²) in [5.74, 6) is -0.531. The summed E-state index contributed by atoms with van der Waals surface area (Å²) in [5, 5.41) is 40.2. The van der Waals surface area contributed by atoms with E-state index < -0.39 is 35.5 Å². The molecule has 4 aliphatic rings. The number of carbonyl (C=O) groups excluding carboxylic acids is 2. The lowest BCUT2D eigenvalue weighted by atomic mass is 9.45. The van der Waals surface area contributed by atoms with Crippen LogP contribution in [0.3, 0.4) is 0 Å². The number of rotatable bonds is 16. The molecule has 0 aromatic heterocycles. The molecule has 0 amide bonds. The van der Waals surface area contributed by atoms with Gasteiger partial charge in [-0.05, 0) is 106 Å². The average Bonchev–Trinajstić information content (AvgIpc) is 3.29. The summed E-state index contributed by atoms with van der Waals surface area (Å²) in [4.78, 5) is 34.6. The highest BCUT2D eigenvalue weighted by molar-refractivity contribution is 5.91. The fraction of sp³-hybridized carbons (Fsp3) is 0.769. The SMILES string of the molecule is CCCCC/C=C\C/C=C\CCCCCCCC(=O)O.C[C@]12CCC(=O)C=C1CC[C@@H]1[C@@H]2[C@@H](O)C[C@@]2(C)[C@H]1CC[C@]2(O)C(=O)CO. The molecule has 3 fully saturated rings. The Labute approximate surface area is 277 Å². The molecule has 4 rings (SSSR count). The average molecular weight is 643 g/mol. The van der Waals surface area contributed by atoms with Crippen LogP contribution >= 0.6 is 0 Å². The lowest BCUT2D eigenvalue weighted by Gasteiger charge is -2.60. The predicted octanol–water partition coefficient (Wildman–Crippen LogP) is 7.67. The van der Waals surface area contributed by atoms with Gasteiger partial charge in [-0.2, -0.15) is 0 Å². The van der Waals surface area contributed by atoms with Gasteiger partial charge in [0.1, 0.15) is 12.2 Å². The Balaban J connectivity index is 0.000000262. The van der Waals surface area contributed by atoms with Crippen molar-refractivity contribution in [2.75, 3.05) is 6.61 Å². The number of Topliss-reactive ketones (excluding diaryl/α,β-unsaturated/α-hetero) is 1. The fourth-order valence-electron chi connectivity index (χ4n) is 9.37. The number of hydrogen-bond acceptors (Lipinski definition) is 6. The van der Waals surface area contributed by atoms with Gasteiger partial charge in [-0.3, -0.25) is 14.4 Å². The maximum absolute atomic E-state index is 12.4. The standard InChI is InChI=1S/C21H30O5.C18H32O2/c1-19-7-5-13(23)9-12(19)3-4-14-15-6-8-21(26,17(25)11-22)20(15,2)10-16(24)18(14)19;1-2-3-4-5-6-7-8-9-10-11-12-13-14-15-16-17-18(19)20/h9,14-16,18,22,24,26H,3-8,10-11H2,1-2H3;6-7,9-10H,2-5,8,11-17H2,1H3,(H,19,20)/b;7-6-,10-9-/t14-,15-,16-,18+,19-,20-,21-;/m0./s1. The Morgan fingerprint density at radius 2 is 1.57 bits per heavy atom. The van der Waals surface area contributed by atoms with Crippen LogP contribution in [0.4, 0.5) is 0 Å². The number of carboxylic acid groups (broad SMARTS) is 1. The topological polar surface area (TPSA) is 132 Å². The van der Waals surface area contributed by atoms with Crippen molar-refractivity contribution in [3.63, 3.8) is 0 Å². The molecule has 0 aliphatic heterocycles. The third kappa shape index (κ3) is 9.08. The number of aliphatic hydroxyl groups is 3. The van der Waals surface area contributed by atoms with E-state index in [1.807, 2.05) is 6.92 Å². The summed E-state index contributed by atoms with van der Waals surface area (Å²) < 4.78 is 0. The van der Waals surface area contributed by atoms with E-state index in [2.05, 4.69) is 38.2 Å². The Morgan fingerprint density at radius 1 is 0.913 bits per heavy atom. The molecule has 46 heavy (non-hydrogen) atoms. The number of aliphatic hydroxyl groups excluding tert-OH is 2. The van der Waals surface area contributed by atoms with Crippen LogP contribution in [0, 0.1) is 28.6 Å². The number of unbranched alkanes of at least 4 members (excludes halogenated alkanes) is 8. The summed E-state index contributed by atoms with van der Waals surface area (Å²) in [7, 11) is 0. The number of hydrogen-bond donors (Lipinski definition) is 4. The van der Waals surface area contributed by atoms with Gasteiger partial charge in [0.15, 0.2) is 11.6 Å². The zero-order valence-electron chi connectivity index (χ0n) is 28.9. The molecule has 4 N–H and O–H groups in total. The molecule has 7 heteroatoms. The quantitative estimate of drug-likeness (QED) is 0.100. The molecular weight excluding hydrogens is 580 g/mol. The smallest absolute Gasteiger partial charge is 0.303 e. The molecule has 0 bridgehead atoms. The minimum atomic E-state index is -1.54. The molecule has 0 radical (unpaired) electrons. The molecule has 4 aliphatic carbocycles. The van der Waals surface area contributed by atoms with Gasteiger partial charge >= 0.3 is 5.97 Å². The van der Waals surface area contributed by atoms with Gasteiger partial charge < -0.3 is 20.4 Å². The van der Waals surface area contributed by atoms with Crippen molar-refractivity contribution in [2.45, 2.75) is 154 Å². The van der Waals surface area contributed by atoms with Crippen molar-refractivity contribution < 1.29 is 34.8 Å².